The van der Waals surface area contributed by atoms with Crippen LogP contribution < -0.4 is 10.1 Å². The van der Waals surface area contributed by atoms with Crippen molar-refractivity contribution in [3.8, 4) is 0 Å². The van der Waals surface area contributed by atoms with Crippen molar-refractivity contribution in [3.05, 3.63) is 91.5 Å². The molecule has 5 rings (SSSR count). The molecule has 5 nitrogen and oxygen atoms in total. The molecule has 0 saturated heterocycles. The minimum Gasteiger partial charge on any atom is -0.877 e. The van der Waals surface area contributed by atoms with E-state index < -0.39 is 0 Å². The van der Waals surface area contributed by atoms with E-state index in [1.54, 1.807) is 0 Å². The fourth-order valence-corrected chi connectivity index (χ4v) is 6.15. The number of fused-ring (bicyclic) bond motifs is 5. The van der Waals surface area contributed by atoms with Crippen LogP contribution >= 0.6 is 0 Å². The van der Waals surface area contributed by atoms with Gasteiger partial charge in [-0.25, -0.2) is 15.0 Å². The Morgan fingerprint density at radius 3 is 1.90 bits per heavy atom. The predicted octanol–water partition coefficient (Wildman–Crippen LogP) is 6.88. The minimum atomic E-state index is 0. The van der Waals surface area contributed by atoms with Gasteiger partial charge < -0.3 is 10.1 Å². The molecule has 0 fully saturated rings. The van der Waals surface area contributed by atoms with Crippen molar-refractivity contribution in [3.63, 3.8) is 0 Å². The van der Waals surface area contributed by atoms with E-state index in [2.05, 4.69) is 73.6 Å². The van der Waals surface area contributed by atoms with Crippen molar-refractivity contribution in [1.29, 1.82) is 0 Å². The van der Waals surface area contributed by atoms with Crippen LogP contribution in [0.1, 0.15) is 90.2 Å². The first-order chi connectivity index (χ1) is 18.3. The third kappa shape index (κ3) is 4.53. The molecule has 1 aromatic rings. The van der Waals surface area contributed by atoms with Crippen molar-refractivity contribution in [2.75, 3.05) is 0 Å². The Bertz CT molecular complexity index is 1570. The van der Waals surface area contributed by atoms with Crippen LogP contribution in [-0.2, 0) is 22.9 Å². The van der Waals surface area contributed by atoms with E-state index in [-0.39, 0.29) is 16.5 Å². The molecule has 8 bridgehead atoms. The monoisotopic (exact) mass is 562 g/mol. The number of allylic oxidation sites excluding steroid dienone is 9. The van der Waals surface area contributed by atoms with E-state index in [9.17, 15) is 5.11 Å². The zero-order valence-corrected chi connectivity index (χ0v) is 25.1. The number of rotatable bonds is 4. The van der Waals surface area contributed by atoms with Gasteiger partial charge in [0.15, 0.2) is 0 Å². The van der Waals surface area contributed by atoms with Crippen molar-refractivity contribution in [2.24, 2.45) is 15.0 Å². The van der Waals surface area contributed by atoms with Gasteiger partial charge in [-0.2, -0.15) is 0 Å². The standard InChI is InChI=1S/C33H37N4O.Ni/c1-9-21-17(5)26-13-27-18(6)22(10-2)29(35-27)15-31-24(12-4)20(8)33(37-31)25(16-38)32-19(7)23(11-3)30(36-32)14-28(21)34-26;/h13-16H,9-12H2,1-8H3,(H-,34,35,36,37,38);/q-1;+2/p-1. The second-order valence-corrected chi connectivity index (χ2v) is 10.2. The number of nitrogens with zero attached hydrogens (tertiary/aromatic N) is 4. The summed E-state index contributed by atoms with van der Waals surface area (Å²) in [6.45, 7) is 17.0. The Hall–Kier alpha value is -3.24. The maximum Gasteiger partial charge on any atom is 2.00 e. The molecule has 0 amide bonds. The molecule has 0 radical (unpaired) electrons. The molecule has 0 unspecified atom stereocenters. The molecular weight excluding hydrogens is 527 g/mol. The Morgan fingerprint density at radius 1 is 0.692 bits per heavy atom. The molecule has 0 aromatic carbocycles. The van der Waals surface area contributed by atoms with Crippen LogP contribution in [0.15, 0.2) is 83.9 Å². The van der Waals surface area contributed by atoms with Crippen molar-refractivity contribution < 1.29 is 21.6 Å². The average molecular weight is 563 g/mol. The van der Waals surface area contributed by atoms with E-state index in [1.165, 1.54) is 22.3 Å². The predicted molar refractivity (Wildman–Crippen MR) is 157 cm³/mol. The Labute approximate surface area is 242 Å². The van der Waals surface area contributed by atoms with E-state index in [0.717, 1.165) is 99.8 Å². The van der Waals surface area contributed by atoms with Gasteiger partial charge in [0.05, 0.1) is 34.2 Å². The molecule has 1 aromatic heterocycles. The molecule has 0 spiro atoms. The maximum absolute atomic E-state index is 12.6. The molecule has 6 heteroatoms. The summed E-state index contributed by atoms with van der Waals surface area (Å²) in [5.41, 5.74) is 16.7. The quantitative estimate of drug-likeness (QED) is 0.296. The number of hydrogen-bond acceptors (Lipinski definition) is 4. The van der Waals surface area contributed by atoms with Gasteiger partial charge in [0.25, 0.3) is 0 Å². The van der Waals surface area contributed by atoms with E-state index in [4.69, 9.17) is 20.0 Å². The van der Waals surface area contributed by atoms with Crippen molar-refractivity contribution in [2.45, 2.75) is 81.1 Å². The Balaban J connectivity index is 0.00000353. The van der Waals surface area contributed by atoms with Crippen LogP contribution in [-0.4, -0.2) is 17.1 Å². The summed E-state index contributed by atoms with van der Waals surface area (Å²) in [6.07, 6.45) is 10.7. The van der Waals surface area contributed by atoms with Gasteiger partial charge >= 0.3 is 16.5 Å². The van der Waals surface area contributed by atoms with Gasteiger partial charge in [0.2, 0.25) is 0 Å². The first-order valence-electron chi connectivity index (χ1n) is 13.8. The van der Waals surface area contributed by atoms with Gasteiger partial charge in [-0.15, -0.1) is 17.6 Å². The SMILES string of the molecule is CCC1=C(C)C2=NC1=Cc1[n-]c(c(C)c1CC)/C(=C/[O-])C1=NC(=CC3=NC(=C2)C(C)=C3CC)C(CC)=C1C.[Ni+2]. The molecule has 0 saturated carbocycles. The molecule has 0 atom stereocenters. The summed E-state index contributed by atoms with van der Waals surface area (Å²) < 4.78 is 0. The van der Waals surface area contributed by atoms with E-state index >= 15 is 0 Å². The summed E-state index contributed by atoms with van der Waals surface area (Å²) in [6, 6.07) is 0. The Kier molecular flexibility index (Phi) is 8.18. The van der Waals surface area contributed by atoms with Gasteiger partial charge in [-0.3, -0.25) is 0 Å². The summed E-state index contributed by atoms with van der Waals surface area (Å²) in [5.74, 6) is 0. The number of hydrogen-bond donors (Lipinski definition) is 0. The Morgan fingerprint density at radius 2 is 1.28 bits per heavy atom. The number of aliphatic imine (C=N–C) groups is 3. The minimum absolute atomic E-state index is 0. The molecule has 4 aliphatic heterocycles. The zero-order valence-electron chi connectivity index (χ0n) is 24.2. The first kappa shape index (κ1) is 28.8. The van der Waals surface area contributed by atoms with E-state index in [1.807, 2.05) is 0 Å². The summed E-state index contributed by atoms with van der Waals surface area (Å²) in [7, 11) is 0. The molecule has 5 heterocycles. The van der Waals surface area contributed by atoms with Crippen LogP contribution in [0.5, 0.6) is 0 Å². The second-order valence-electron chi connectivity index (χ2n) is 10.2. The normalized spacial score (nSPS) is 19.7. The molecular formula is C33H36N4NiO. The molecule has 204 valence electrons. The summed E-state index contributed by atoms with van der Waals surface area (Å²) >= 11 is 0. The van der Waals surface area contributed by atoms with Crippen LogP contribution in [0.2, 0.25) is 0 Å². The van der Waals surface area contributed by atoms with Crippen LogP contribution in [0.4, 0.5) is 0 Å². The van der Waals surface area contributed by atoms with Crippen molar-refractivity contribution >= 4 is 28.8 Å². The smallest absolute Gasteiger partial charge is 0.877 e. The molecule has 39 heavy (non-hydrogen) atoms. The van der Waals surface area contributed by atoms with Crippen LogP contribution in [0, 0.1) is 6.92 Å². The maximum atomic E-state index is 12.6. The van der Waals surface area contributed by atoms with Crippen LogP contribution in [0.25, 0.3) is 11.6 Å². The van der Waals surface area contributed by atoms with Crippen LogP contribution in [0.3, 0.4) is 0 Å². The van der Waals surface area contributed by atoms with E-state index in [0.29, 0.717) is 5.57 Å². The third-order valence-electron chi connectivity index (χ3n) is 8.34. The fraction of sp³-hybridized carbons (Fsp3) is 0.364. The van der Waals surface area contributed by atoms with Gasteiger partial charge in [0, 0.05) is 0 Å². The second kappa shape index (κ2) is 11.1. The van der Waals surface area contributed by atoms with Gasteiger partial charge in [0.1, 0.15) is 0 Å². The largest absolute Gasteiger partial charge is 2.00 e. The van der Waals surface area contributed by atoms with Gasteiger partial charge in [-0.1, -0.05) is 44.9 Å². The average Bonchev–Trinajstić information content (AvgIpc) is 3.57. The molecule has 4 aliphatic rings. The number of aromatic nitrogens is 1. The summed E-state index contributed by atoms with van der Waals surface area (Å²) in [5, 5.41) is 12.6. The fourth-order valence-electron chi connectivity index (χ4n) is 6.15. The van der Waals surface area contributed by atoms with Crippen molar-refractivity contribution in [1.82, 2.24) is 4.98 Å². The zero-order chi connectivity index (χ0) is 27.3. The van der Waals surface area contributed by atoms with Gasteiger partial charge in [-0.05, 0) is 105 Å². The topological polar surface area (TPSA) is 74.2 Å². The summed E-state index contributed by atoms with van der Waals surface area (Å²) in [4.78, 5) is 20.3. The first-order valence-corrected chi connectivity index (χ1v) is 13.8. The molecule has 0 aliphatic carbocycles. The third-order valence-corrected chi connectivity index (χ3v) is 8.34. The molecule has 0 N–H and O–H groups in total.